The van der Waals surface area contributed by atoms with Gasteiger partial charge in [0.1, 0.15) is 0 Å². The lowest BCUT2D eigenvalue weighted by atomic mass is 10.3. The summed E-state index contributed by atoms with van der Waals surface area (Å²) < 4.78 is 26.3. The maximum Gasteiger partial charge on any atom is 0.312 e. The number of nitro groups is 1. The standard InChI is InChI=1S/C11H14N2O5S2/c1-8-7-19-5-4-12(8)20(17,18)9-2-3-11(14)10(6-9)13(15)16/h2-3,6,8,14H,4-5,7H2,1H3. The minimum atomic E-state index is -3.78. The number of aromatic hydroxyl groups is 1. The molecule has 9 heteroatoms. The van der Waals surface area contributed by atoms with Crippen molar-refractivity contribution < 1.29 is 18.4 Å². The Hall–Kier alpha value is -1.32. The summed E-state index contributed by atoms with van der Waals surface area (Å²) in [6, 6.07) is 2.96. The van der Waals surface area contributed by atoms with Crippen molar-refractivity contribution in [2.75, 3.05) is 18.1 Å². The van der Waals surface area contributed by atoms with Gasteiger partial charge < -0.3 is 5.11 Å². The second kappa shape index (κ2) is 5.58. The van der Waals surface area contributed by atoms with Crippen molar-refractivity contribution in [1.82, 2.24) is 4.31 Å². The molecule has 0 spiro atoms. The number of thioether (sulfide) groups is 1. The van der Waals surface area contributed by atoms with E-state index in [1.54, 1.807) is 18.7 Å². The fourth-order valence-corrected chi connectivity index (χ4v) is 4.89. The van der Waals surface area contributed by atoms with Crippen LogP contribution in [0.5, 0.6) is 5.75 Å². The Morgan fingerprint density at radius 1 is 1.50 bits per heavy atom. The molecule has 0 bridgehead atoms. The Balaban J connectivity index is 2.44. The summed E-state index contributed by atoms with van der Waals surface area (Å²) >= 11 is 1.67. The van der Waals surface area contributed by atoms with Crippen LogP contribution >= 0.6 is 11.8 Å². The van der Waals surface area contributed by atoms with E-state index in [0.29, 0.717) is 18.1 Å². The normalized spacial score (nSPS) is 20.8. The Kier molecular flexibility index (Phi) is 4.21. The maximum atomic E-state index is 12.5. The van der Waals surface area contributed by atoms with Gasteiger partial charge in [-0.25, -0.2) is 8.42 Å². The molecule has 0 aromatic heterocycles. The zero-order valence-corrected chi connectivity index (χ0v) is 12.4. The van der Waals surface area contributed by atoms with Crippen molar-refractivity contribution in [3.63, 3.8) is 0 Å². The van der Waals surface area contributed by atoms with Crippen LogP contribution in [0.25, 0.3) is 0 Å². The van der Waals surface area contributed by atoms with Crippen molar-refractivity contribution in [2.24, 2.45) is 0 Å². The van der Waals surface area contributed by atoms with E-state index in [1.165, 1.54) is 10.4 Å². The van der Waals surface area contributed by atoms with Crippen LogP contribution in [0.2, 0.25) is 0 Å². The summed E-state index contributed by atoms with van der Waals surface area (Å²) in [7, 11) is -3.78. The van der Waals surface area contributed by atoms with Gasteiger partial charge in [-0.05, 0) is 19.1 Å². The van der Waals surface area contributed by atoms with Crippen LogP contribution in [-0.2, 0) is 10.0 Å². The zero-order chi connectivity index (χ0) is 14.9. The Labute approximate surface area is 120 Å². The lowest BCUT2D eigenvalue weighted by Gasteiger charge is -2.31. The molecule has 1 N–H and O–H groups in total. The fourth-order valence-electron chi connectivity index (χ4n) is 2.01. The number of phenols is 1. The van der Waals surface area contributed by atoms with E-state index >= 15 is 0 Å². The summed E-state index contributed by atoms with van der Waals surface area (Å²) in [6.45, 7) is 2.18. The van der Waals surface area contributed by atoms with Crippen LogP contribution < -0.4 is 0 Å². The largest absolute Gasteiger partial charge is 0.502 e. The van der Waals surface area contributed by atoms with Gasteiger partial charge in [0.25, 0.3) is 0 Å². The number of nitro benzene ring substituents is 1. The lowest BCUT2D eigenvalue weighted by molar-refractivity contribution is -0.386. The molecule has 1 aliphatic rings. The molecule has 1 fully saturated rings. The van der Waals surface area contributed by atoms with Crippen LogP contribution in [-0.4, -0.2) is 46.8 Å². The van der Waals surface area contributed by atoms with Crippen LogP contribution in [0.4, 0.5) is 5.69 Å². The molecule has 1 aromatic carbocycles. The first-order valence-electron chi connectivity index (χ1n) is 5.91. The average molecular weight is 318 g/mol. The molecule has 2 rings (SSSR count). The summed E-state index contributed by atoms with van der Waals surface area (Å²) in [5.74, 6) is 0.847. The van der Waals surface area contributed by atoms with Gasteiger partial charge in [-0.1, -0.05) is 0 Å². The third kappa shape index (κ3) is 2.74. The third-order valence-electron chi connectivity index (χ3n) is 3.06. The van der Waals surface area contributed by atoms with E-state index in [4.69, 9.17) is 0 Å². The molecule has 1 atom stereocenters. The number of rotatable bonds is 3. The number of nitrogens with zero attached hydrogens (tertiary/aromatic N) is 2. The molecule has 1 unspecified atom stereocenters. The Morgan fingerprint density at radius 3 is 2.80 bits per heavy atom. The molecular weight excluding hydrogens is 304 g/mol. The quantitative estimate of drug-likeness (QED) is 0.668. The number of hydrogen-bond acceptors (Lipinski definition) is 6. The molecule has 0 radical (unpaired) electrons. The molecule has 20 heavy (non-hydrogen) atoms. The van der Waals surface area contributed by atoms with E-state index < -0.39 is 26.4 Å². The highest BCUT2D eigenvalue weighted by atomic mass is 32.2. The first-order valence-corrected chi connectivity index (χ1v) is 8.50. The predicted molar refractivity (Wildman–Crippen MR) is 75.4 cm³/mol. The van der Waals surface area contributed by atoms with Crippen molar-refractivity contribution in [2.45, 2.75) is 17.9 Å². The van der Waals surface area contributed by atoms with Gasteiger partial charge in [0, 0.05) is 30.2 Å². The molecule has 7 nitrogen and oxygen atoms in total. The molecule has 1 aromatic rings. The molecule has 0 saturated carbocycles. The first-order chi connectivity index (χ1) is 9.34. The molecule has 1 saturated heterocycles. The number of benzene rings is 1. The molecule has 1 heterocycles. The Morgan fingerprint density at radius 2 is 2.20 bits per heavy atom. The van der Waals surface area contributed by atoms with Gasteiger partial charge in [-0.2, -0.15) is 16.1 Å². The summed E-state index contributed by atoms with van der Waals surface area (Å²) in [4.78, 5) is 9.81. The zero-order valence-electron chi connectivity index (χ0n) is 10.7. The average Bonchev–Trinajstić information content (AvgIpc) is 2.38. The Bertz CT molecular complexity index is 632. The van der Waals surface area contributed by atoms with E-state index in [0.717, 1.165) is 12.1 Å². The maximum absolute atomic E-state index is 12.5. The van der Waals surface area contributed by atoms with E-state index in [9.17, 15) is 23.6 Å². The summed E-state index contributed by atoms with van der Waals surface area (Å²) in [5.41, 5.74) is -0.606. The van der Waals surface area contributed by atoms with Gasteiger partial charge in [-0.3, -0.25) is 10.1 Å². The van der Waals surface area contributed by atoms with E-state index in [-0.39, 0.29) is 10.9 Å². The second-order valence-corrected chi connectivity index (χ2v) is 7.49. The van der Waals surface area contributed by atoms with Crippen LogP contribution in [0, 0.1) is 10.1 Å². The van der Waals surface area contributed by atoms with Gasteiger partial charge in [0.2, 0.25) is 10.0 Å². The highest BCUT2D eigenvalue weighted by Gasteiger charge is 2.32. The van der Waals surface area contributed by atoms with Crippen LogP contribution in [0.15, 0.2) is 23.1 Å². The summed E-state index contributed by atoms with van der Waals surface area (Å²) in [6.07, 6.45) is 0. The highest BCUT2D eigenvalue weighted by molar-refractivity contribution is 7.99. The van der Waals surface area contributed by atoms with Crippen molar-refractivity contribution >= 4 is 27.5 Å². The van der Waals surface area contributed by atoms with Crippen molar-refractivity contribution in [1.29, 1.82) is 0 Å². The van der Waals surface area contributed by atoms with Gasteiger partial charge in [-0.15, -0.1) is 0 Å². The van der Waals surface area contributed by atoms with Crippen LogP contribution in [0.3, 0.4) is 0 Å². The minimum absolute atomic E-state index is 0.161. The van der Waals surface area contributed by atoms with Gasteiger partial charge in [0.05, 0.1) is 9.82 Å². The topological polar surface area (TPSA) is 101 Å². The second-order valence-electron chi connectivity index (χ2n) is 4.45. The number of phenolic OH excluding ortho intramolecular Hbond substituents is 1. The van der Waals surface area contributed by atoms with Gasteiger partial charge >= 0.3 is 5.69 Å². The first kappa shape index (κ1) is 15.1. The lowest BCUT2D eigenvalue weighted by Crippen LogP contribution is -2.44. The smallest absolute Gasteiger partial charge is 0.312 e. The summed E-state index contributed by atoms with van der Waals surface area (Å²) in [5, 5.41) is 20.2. The van der Waals surface area contributed by atoms with Crippen LogP contribution in [0.1, 0.15) is 6.92 Å². The van der Waals surface area contributed by atoms with E-state index in [1.807, 2.05) is 0 Å². The molecule has 110 valence electrons. The highest BCUT2D eigenvalue weighted by Crippen LogP contribution is 2.31. The number of sulfonamides is 1. The monoisotopic (exact) mass is 318 g/mol. The number of hydrogen-bond donors (Lipinski definition) is 1. The van der Waals surface area contributed by atoms with Crippen molar-refractivity contribution in [3.05, 3.63) is 28.3 Å². The van der Waals surface area contributed by atoms with E-state index in [2.05, 4.69) is 0 Å². The SMILES string of the molecule is CC1CSCCN1S(=O)(=O)c1ccc(O)c([N+](=O)[O-])c1. The third-order valence-corrected chi connectivity index (χ3v) is 6.26. The molecule has 0 amide bonds. The van der Waals surface area contributed by atoms with Gasteiger partial charge in [0.15, 0.2) is 5.75 Å². The molecule has 1 aliphatic heterocycles. The molecule has 0 aliphatic carbocycles. The predicted octanol–water partition coefficient (Wildman–Crippen LogP) is 1.43. The molecular formula is C11H14N2O5S2. The fraction of sp³-hybridized carbons (Fsp3) is 0.455. The van der Waals surface area contributed by atoms with Crippen molar-refractivity contribution in [3.8, 4) is 5.75 Å². The minimum Gasteiger partial charge on any atom is -0.502 e.